The minimum absolute atomic E-state index is 0.0456. The number of fused-ring (bicyclic) bond motifs is 8. The van der Waals surface area contributed by atoms with Gasteiger partial charge in [0, 0.05) is 0 Å². The van der Waals surface area contributed by atoms with E-state index >= 15 is 0 Å². The van der Waals surface area contributed by atoms with Crippen LogP contribution in [0, 0.1) is 31.0 Å². The van der Waals surface area contributed by atoms with Gasteiger partial charge >= 0.3 is 0 Å². The van der Waals surface area contributed by atoms with Gasteiger partial charge in [0.2, 0.25) is 11.4 Å². The van der Waals surface area contributed by atoms with Gasteiger partial charge in [0.25, 0.3) is 0 Å². The highest BCUT2D eigenvalue weighted by atomic mass is 14.8. The standard InChI is InChI=1S/C26H10N4/c1-28-24-20(14-27)22-18-11-7-6-10-17(18)19-13-12-15-8-4-5-9-16(15)21(19)23(22)25(29-2)26(24)30-3/h4-13H. The molecule has 5 aromatic rings. The van der Waals surface area contributed by atoms with E-state index in [1.807, 2.05) is 60.7 Å². The van der Waals surface area contributed by atoms with Crippen LogP contribution in [-0.2, 0) is 0 Å². The van der Waals surface area contributed by atoms with E-state index in [0.29, 0.717) is 10.8 Å². The fraction of sp³-hybridized carbons (Fsp3) is 0. The lowest BCUT2D eigenvalue weighted by Gasteiger charge is -2.17. The summed E-state index contributed by atoms with van der Waals surface area (Å²) in [6.07, 6.45) is 0. The van der Waals surface area contributed by atoms with Gasteiger partial charge in [0.15, 0.2) is 5.69 Å². The van der Waals surface area contributed by atoms with Gasteiger partial charge in [0.05, 0.1) is 31.3 Å². The van der Waals surface area contributed by atoms with Gasteiger partial charge in [-0.05, 0) is 43.1 Å². The zero-order valence-corrected chi connectivity index (χ0v) is 15.6. The summed E-state index contributed by atoms with van der Waals surface area (Å²) in [7, 11) is 0. The molecule has 0 aromatic heterocycles. The molecule has 4 nitrogen and oxygen atoms in total. The van der Waals surface area contributed by atoms with Gasteiger partial charge in [-0.25, -0.2) is 0 Å². The van der Waals surface area contributed by atoms with Crippen molar-refractivity contribution in [1.29, 1.82) is 5.26 Å². The largest absolute Gasteiger partial charge is 0.262 e. The van der Waals surface area contributed by atoms with E-state index in [4.69, 9.17) is 19.7 Å². The Labute approximate surface area is 172 Å². The molecule has 0 N–H and O–H groups in total. The molecule has 134 valence electrons. The molecule has 0 saturated carbocycles. The van der Waals surface area contributed by atoms with E-state index in [9.17, 15) is 5.26 Å². The molecular weight excluding hydrogens is 368 g/mol. The van der Waals surface area contributed by atoms with Crippen LogP contribution in [0.5, 0.6) is 0 Å². The number of hydrogen-bond donors (Lipinski definition) is 0. The van der Waals surface area contributed by atoms with Crippen LogP contribution in [-0.4, -0.2) is 0 Å². The Morgan fingerprint density at radius 3 is 1.83 bits per heavy atom. The Balaban J connectivity index is 2.34. The first kappa shape index (κ1) is 17.2. The third-order valence-electron chi connectivity index (χ3n) is 5.54. The molecule has 0 aliphatic heterocycles. The van der Waals surface area contributed by atoms with E-state index < -0.39 is 0 Å². The smallest absolute Gasteiger partial charge is 0.202 e. The summed E-state index contributed by atoms with van der Waals surface area (Å²) in [5.41, 5.74) is 0.200. The van der Waals surface area contributed by atoms with E-state index in [1.165, 1.54) is 0 Å². The third kappa shape index (κ3) is 2.05. The van der Waals surface area contributed by atoms with Crippen molar-refractivity contribution >= 4 is 60.2 Å². The molecule has 0 aliphatic rings. The topological polar surface area (TPSA) is 36.9 Å². The van der Waals surface area contributed by atoms with Crippen molar-refractivity contribution in [2.24, 2.45) is 0 Å². The second kappa shape index (κ2) is 6.32. The maximum Gasteiger partial charge on any atom is 0.202 e. The molecule has 4 heteroatoms. The second-order valence-electron chi connectivity index (χ2n) is 6.87. The third-order valence-corrected chi connectivity index (χ3v) is 5.54. The molecule has 0 aliphatic carbocycles. The minimum Gasteiger partial charge on any atom is -0.262 e. The zero-order chi connectivity index (χ0) is 20.8. The van der Waals surface area contributed by atoms with Crippen LogP contribution < -0.4 is 0 Å². The average Bonchev–Trinajstić information content (AvgIpc) is 2.81. The first-order valence-corrected chi connectivity index (χ1v) is 9.13. The van der Waals surface area contributed by atoms with Crippen molar-refractivity contribution < 1.29 is 0 Å². The highest BCUT2D eigenvalue weighted by Crippen LogP contribution is 2.52. The van der Waals surface area contributed by atoms with E-state index in [-0.39, 0.29) is 22.6 Å². The molecule has 0 fully saturated rings. The first-order chi connectivity index (χ1) is 14.7. The van der Waals surface area contributed by atoms with E-state index in [0.717, 1.165) is 32.3 Å². The Hall–Kier alpha value is -4.90. The second-order valence-corrected chi connectivity index (χ2v) is 6.87. The highest BCUT2D eigenvalue weighted by Gasteiger charge is 2.24. The summed E-state index contributed by atoms with van der Waals surface area (Å²) in [4.78, 5) is 10.7. The summed E-state index contributed by atoms with van der Waals surface area (Å²) in [5, 5.41) is 16.7. The molecule has 0 amide bonds. The number of nitrogens with zero attached hydrogens (tertiary/aromatic N) is 4. The lowest BCUT2D eigenvalue weighted by atomic mass is 9.87. The predicted octanol–water partition coefficient (Wildman–Crippen LogP) is 7.82. The van der Waals surface area contributed by atoms with Gasteiger partial charge in [-0.15, -0.1) is 0 Å². The summed E-state index contributed by atoms with van der Waals surface area (Å²) < 4.78 is 0. The van der Waals surface area contributed by atoms with Crippen molar-refractivity contribution in [3.05, 3.63) is 100 Å². The van der Waals surface area contributed by atoms with Gasteiger partial charge in [0.1, 0.15) is 0 Å². The van der Waals surface area contributed by atoms with E-state index in [2.05, 4.69) is 20.6 Å². The number of benzene rings is 5. The molecule has 0 unspecified atom stereocenters. The Morgan fingerprint density at radius 1 is 0.567 bits per heavy atom. The maximum absolute atomic E-state index is 10.0. The summed E-state index contributed by atoms with van der Waals surface area (Å²) >= 11 is 0. The van der Waals surface area contributed by atoms with Crippen molar-refractivity contribution in [3.8, 4) is 6.07 Å². The molecule has 0 heterocycles. The number of nitriles is 1. The molecular formula is C26H10N4. The van der Waals surface area contributed by atoms with Crippen molar-refractivity contribution in [3.63, 3.8) is 0 Å². The van der Waals surface area contributed by atoms with Crippen LogP contribution >= 0.6 is 0 Å². The van der Waals surface area contributed by atoms with Crippen molar-refractivity contribution in [2.45, 2.75) is 0 Å². The Morgan fingerprint density at radius 2 is 1.17 bits per heavy atom. The number of rotatable bonds is 0. The molecule has 0 spiro atoms. The zero-order valence-electron chi connectivity index (χ0n) is 15.6. The van der Waals surface area contributed by atoms with Gasteiger partial charge in [-0.2, -0.15) is 5.26 Å². The van der Waals surface area contributed by atoms with Gasteiger partial charge in [-0.1, -0.05) is 60.7 Å². The lowest BCUT2D eigenvalue weighted by molar-refractivity contribution is 1.51. The van der Waals surface area contributed by atoms with Gasteiger partial charge < -0.3 is 0 Å². The SMILES string of the molecule is [C-]#[N+]c1c([N+]#[C-])c([N+]#[C-])c2c(c1C#N)c1ccccc1c1ccc3ccccc3c12. The van der Waals surface area contributed by atoms with Crippen LogP contribution in [0.25, 0.3) is 57.6 Å². The molecule has 5 aromatic carbocycles. The fourth-order valence-electron chi connectivity index (χ4n) is 4.36. The van der Waals surface area contributed by atoms with Crippen LogP contribution in [0.1, 0.15) is 5.56 Å². The predicted molar refractivity (Wildman–Crippen MR) is 120 cm³/mol. The normalized spacial score (nSPS) is 10.5. The molecule has 30 heavy (non-hydrogen) atoms. The molecule has 0 saturated heterocycles. The molecule has 0 atom stereocenters. The average molecular weight is 378 g/mol. The summed E-state index contributed by atoms with van der Waals surface area (Å²) in [6, 6.07) is 21.8. The Kier molecular flexibility index (Phi) is 3.63. The lowest BCUT2D eigenvalue weighted by Crippen LogP contribution is -1.89. The monoisotopic (exact) mass is 378 g/mol. The molecule has 5 rings (SSSR count). The maximum atomic E-state index is 10.0. The summed E-state index contributed by atoms with van der Waals surface area (Å²) in [5.74, 6) is 0. The fourth-order valence-corrected chi connectivity index (χ4v) is 4.36. The molecule has 0 bridgehead atoms. The van der Waals surface area contributed by atoms with E-state index in [1.54, 1.807) is 0 Å². The van der Waals surface area contributed by atoms with Crippen LogP contribution in [0.2, 0.25) is 0 Å². The van der Waals surface area contributed by atoms with Crippen LogP contribution in [0.3, 0.4) is 0 Å². The minimum atomic E-state index is -0.0476. The molecule has 0 radical (unpaired) electrons. The van der Waals surface area contributed by atoms with Gasteiger partial charge in [-0.3, -0.25) is 14.5 Å². The quantitative estimate of drug-likeness (QED) is 0.200. The Bertz CT molecular complexity index is 1730. The van der Waals surface area contributed by atoms with Crippen molar-refractivity contribution in [1.82, 2.24) is 0 Å². The van der Waals surface area contributed by atoms with Crippen molar-refractivity contribution in [2.75, 3.05) is 0 Å². The van der Waals surface area contributed by atoms with Crippen LogP contribution in [0.15, 0.2) is 60.7 Å². The number of hydrogen-bond acceptors (Lipinski definition) is 1. The van der Waals surface area contributed by atoms with Crippen LogP contribution in [0.4, 0.5) is 17.1 Å². The summed E-state index contributed by atoms with van der Waals surface area (Å²) in [6.45, 7) is 23.1. The highest BCUT2D eigenvalue weighted by molar-refractivity contribution is 6.36. The first-order valence-electron chi connectivity index (χ1n) is 9.13.